The molecule has 0 aromatic carbocycles. The Morgan fingerprint density at radius 2 is 1.59 bits per heavy atom. The molecular weight excluding hydrogens is 524 g/mol. The number of aliphatic carboxylic acids is 1. The van der Waals surface area contributed by atoms with E-state index in [-0.39, 0.29) is 84.3 Å². The molecule has 13 heteroatoms. The fourth-order valence-electron chi connectivity index (χ4n) is 3.36. The molecule has 0 aliphatic heterocycles. The third-order valence-electron chi connectivity index (χ3n) is 5.38. The normalized spacial score (nSPS) is 12.7. The molecule has 0 aromatic heterocycles. The minimum atomic E-state index is -4.94. The third kappa shape index (κ3) is 26.0. The second kappa shape index (κ2) is 26.3. The van der Waals surface area contributed by atoms with Gasteiger partial charge in [-0.25, -0.2) is 0 Å². The Bertz CT molecular complexity index is 749. The minimum Gasteiger partial charge on any atom is -0.550 e. The number of amides is 1. The smallest absolute Gasteiger partial charge is 0.550 e. The molecule has 0 aliphatic rings. The monoisotopic (exact) mass is 566 g/mol. The number of nitrogens with one attached hydrogen (secondary N) is 1. The quantitative estimate of drug-likeness (QED) is 0.0389. The molecule has 0 fully saturated rings. The van der Waals surface area contributed by atoms with Crippen molar-refractivity contribution in [3.05, 3.63) is 12.2 Å². The van der Waals surface area contributed by atoms with E-state index in [1.54, 1.807) is 0 Å². The van der Waals surface area contributed by atoms with Crippen LogP contribution in [0.1, 0.15) is 96.8 Å². The molecule has 0 radical (unpaired) electrons. The van der Waals surface area contributed by atoms with Crippen LogP contribution in [-0.2, 0) is 29.2 Å². The molecule has 37 heavy (non-hydrogen) atoms. The number of ether oxygens (including phenoxy) is 1. The van der Waals surface area contributed by atoms with E-state index in [0.717, 1.165) is 44.9 Å². The summed E-state index contributed by atoms with van der Waals surface area (Å²) in [5.74, 6) is -3.48. The Hall–Kier alpha value is 0.0200. The van der Waals surface area contributed by atoms with E-state index >= 15 is 0 Å². The van der Waals surface area contributed by atoms with Gasteiger partial charge in [-0.3, -0.25) is 14.1 Å². The van der Waals surface area contributed by atoms with Crippen LogP contribution in [-0.4, -0.2) is 60.4 Å². The predicted molar refractivity (Wildman–Crippen MR) is 130 cm³/mol. The van der Waals surface area contributed by atoms with Gasteiger partial charge in [-0.1, -0.05) is 64.0 Å². The van der Waals surface area contributed by atoms with E-state index in [1.807, 2.05) is 0 Å². The van der Waals surface area contributed by atoms with Crippen molar-refractivity contribution in [2.24, 2.45) is 0 Å². The number of allylic oxidation sites excluding steroid dienone is 1. The number of carbonyl (C=O) groups is 3. The van der Waals surface area contributed by atoms with E-state index in [0.29, 0.717) is 19.3 Å². The van der Waals surface area contributed by atoms with E-state index in [9.17, 15) is 33.0 Å². The molecule has 204 valence electrons. The van der Waals surface area contributed by atoms with Gasteiger partial charge in [-0.15, -0.1) is 0 Å². The number of aliphatic hydroxyl groups is 1. The van der Waals surface area contributed by atoms with Crippen molar-refractivity contribution in [1.82, 2.24) is 5.32 Å². The fourth-order valence-corrected chi connectivity index (χ4v) is 4.02. The zero-order valence-electron chi connectivity index (χ0n) is 22.8. The van der Waals surface area contributed by atoms with Gasteiger partial charge in [0.05, 0.1) is 12.6 Å². The summed E-state index contributed by atoms with van der Waals surface area (Å²) in [6.07, 6.45) is 15.0. The van der Waals surface area contributed by atoms with Crippen LogP contribution in [0.2, 0.25) is 0 Å². The van der Waals surface area contributed by atoms with E-state index in [4.69, 9.17) is 4.55 Å². The van der Waals surface area contributed by atoms with Gasteiger partial charge in [0.25, 0.3) is 10.1 Å². The first kappa shape index (κ1) is 41.5. The number of carboxylic acids is 1. The van der Waals surface area contributed by atoms with Crippen molar-refractivity contribution >= 4 is 28.0 Å². The largest absolute Gasteiger partial charge is 1.00 e. The second-order valence-corrected chi connectivity index (χ2v) is 10.2. The summed E-state index contributed by atoms with van der Waals surface area (Å²) >= 11 is 0. The van der Waals surface area contributed by atoms with Gasteiger partial charge < -0.3 is 25.1 Å². The molecule has 0 saturated carbocycles. The summed E-state index contributed by atoms with van der Waals surface area (Å²) in [6, 6.07) is 0. The van der Waals surface area contributed by atoms with Crippen LogP contribution in [0.4, 0.5) is 0 Å². The van der Waals surface area contributed by atoms with Crippen LogP contribution in [0.15, 0.2) is 12.2 Å². The first-order valence-electron chi connectivity index (χ1n) is 12.5. The number of esters is 1. The maximum absolute atomic E-state index is 11.8. The summed E-state index contributed by atoms with van der Waals surface area (Å²) in [5.41, 5.74) is 0. The molecule has 2 atom stereocenters. The number of unbranched alkanes of at least 4 members (excludes halogenated alkanes) is 8. The Balaban J connectivity index is -0.00000578. The third-order valence-corrected chi connectivity index (χ3v) is 6.46. The van der Waals surface area contributed by atoms with Crippen molar-refractivity contribution in [2.75, 3.05) is 13.2 Å². The average Bonchev–Trinajstić information content (AvgIpc) is 2.78. The Morgan fingerprint density at radius 3 is 2.22 bits per heavy atom. The molecular formula is C24H42NNa2O9S+. The topological polar surface area (TPSA) is 170 Å². The van der Waals surface area contributed by atoms with Gasteiger partial charge in [0.1, 0.15) is 6.61 Å². The van der Waals surface area contributed by atoms with Crippen LogP contribution in [0.25, 0.3) is 0 Å². The van der Waals surface area contributed by atoms with Gasteiger partial charge in [-0.05, 0) is 32.1 Å². The molecule has 0 rings (SSSR count). The van der Waals surface area contributed by atoms with Crippen molar-refractivity contribution < 1.29 is 101 Å². The fraction of sp³-hybridized carbons (Fsp3) is 0.792. The number of hydrogen-bond acceptors (Lipinski definition) is 8. The first-order chi connectivity index (χ1) is 16.6. The zero-order valence-corrected chi connectivity index (χ0v) is 27.6. The Morgan fingerprint density at radius 1 is 0.973 bits per heavy atom. The number of rotatable bonds is 22. The molecule has 0 heterocycles. The van der Waals surface area contributed by atoms with Gasteiger partial charge in [0, 0.05) is 18.8 Å². The van der Waals surface area contributed by atoms with Gasteiger partial charge in [0.15, 0.2) is 5.25 Å². The molecule has 1 amide bonds. The molecule has 0 saturated heterocycles. The molecule has 0 aromatic rings. The first-order valence-corrected chi connectivity index (χ1v) is 14.0. The maximum atomic E-state index is 11.8. The van der Waals surface area contributed by atoms with Crippen LogP contribution in [0, 0.1) is 0 Å². The number of hydrogen-bond donors (Lipinski definition) is 3. The number of carboxylic acid groups (broad SMARTS) is 1. The van der Waals surface area contributed by atoms with Gasteiger partial charge in [0.2, 0.25) is 5.91 Å². The summed E-state index contributed by atoms with van der Waals surface area (Å²) < 4.78 is 35.7. The standard InChI is InChI=1S/C24H43NO9S.2Na/c1-2-3-4-11-14-20(26)15-12-9-7-5-6-8-10-13-16-22(27)25-17-18-34-24(30)21(19-23(28)29)35(31,32)33;;/h9,12,20-21,26H,2-8,10-11,13-19H2,1H3,(H,25,27)(H,28,29)(H,31,32,33);;/q;2*+1/p-1/b12-9+;;. The average molecular weight is 567 g/mol. The molecule has 10 nitrogen and oxygen atoms in total. The Labute approximate surface area is 266 Å². The van der Waals surface area contributed by atoms with Crippen LogP contribution >= 0.6 is 0 Å². The van der Waals surface area contributed by atoms with Crippen molar-refractivity contribution in [2.45, 2.75) is 108 Å². The van der Waals surface area contributed by atoms with Crippen LogP contribution < -0.4 is 69.5 Å². The number of carbonyl (C=O) groups excluding carboxylic acids is 3. The van der Waals surface area contributed by atoms with Crippen LogP contribution in [0.5, 0.6) is 0 Å². The van der Waals surface area contributed by atoms with E-state index in [1.165, 1.54) is 19.3 Å². The van der Waals surface area contributed by atoms with Crippen molar-refractivity contribution in [1.29, 1.82) is 0 Å². The molecule has 0 spiro atoms. The SMILES string of the molecule is CCCCCCC(O)C/C=C/CCCCCCCC(=O)NCCOC(=O)C(CC(=O)[O-])S(=O)(=O)O.[Na+].[Na+]. The van der Waals surface area contributed by atoms with E-state index < -0.39 is 33.7 Å². The van der Waals surface area contributed by atoms with Gasteiger partial charge in [-0.2, -0.15) is 8.42 Å². The summed E-state index contributed by atoms with van der Waals surface area (Å²) in [4.78, 5) is 33.9. The minimum absolute atomic E-state index is 0. The van der Waals surface area contributed by atoms with Crippen LogP contribution in [0.3, 0.4) is 0 Å². The summed E-state index contributed by atoms with van der Waals surface area (Å²) in [6.45, 7) is 1.75. The molecule has 3 N–H and O–H groups in total. The van der Waals surface area contributed by atoms with Gasteiger partial charge >= 0.3 is 65.1 Å². The van der Waals surface area contributed by atoms with Crippen molar-refractivity contribution in [3.8, 4) is 0 Å². The van der Waals surface area contributed by atoms with E-state index in [2.05, 4.69) is 29.1 Å². The Kier molecular flexibility index (Phi) is 29.4. The molecule has 0 aliphatic carbocycles. The van der Waals surface area contributed by atoms with Crippen molar-refractivity contribution in [3.63, 3.8) is 0 Å². The summed E-state index contributed by atoms with van der Waals surface area (Å²) in [7, 11) is -4.94. The summed E-state index contributed by atoms with van der Waals surface area (Å²) in [5, 5.41) is 20.7. The zero-order chi connectivity index (χ0) is 26.5. The predicted octanol–water partition coefficient (Wildman–Crippen LogP) is -3.94. The molecule has 2 unspecified atom stereocenters. The second-order valence-electron chi connectivity index (χ2n) is 8.61. The maximum Gasteiger partial charge on any atom is 1.00 e. The molecule has 0 bridgehead atoms. The number of aliphatic hydroxyl groups excluding tert-OH is 1.